The van der Waals surface area contributed by atoms with Gasteiger partial charge in [0.2, 0.25) is 0 Å². The zero-order chi connectivity index (χ0) is 14.6. The normalized spacial score (nSPS) is 11.9. The quantitative estimate of drug-likeness (QED) is 0.838. The topological polar surface area (TPSA) is 77.8 Å². The maximum Gasteiger partial charge on any atom is 0.323 e. The molecule has 0 heterocycles. The Kier molecular flexibility index (Phi) is 5.18. The van der Waals surface area contributed by atoms with Gasteiger partial charge in [0.25, 0.3) is 0 Å². The van der Waals surface area contributed by atoms with Crippen molar-refractivity contribution in [3.8, 4) is 0 Å². The molecule has 5 nitrogen and oxygen atoms in total. The van der Waals surface area contributed by atoms with Crippen molar-refractivity contribution >= 4 is 29.2 Å². The highest BCUT2D eigenvalue weighted by molar-refractivity contribution is 6.31. The van der Waals surface area contributed by atoms with Crippen LogP contribution >= 0.6 is 11.6 Å². The lowest BCUT2D eigenvalue weighted by molar-refractivity contribution is -0.141. The van der Waals surface area contributed by atoms with E-state index >= 15 is 0 Å². The fourth-order valence-electron chi connectivity index (χ4n) is 1.76. The fraction of sp³-hybridized carbons (Fsp3) is 0.385. The van der Waals surface area contributed by atoms with E-state index in [0.29, 0.717) is 10.7 Å². The van der Waals surface area contributed by atoms with E-state index in [1.54, 1.807) is 25.1 Å². The third kappa shape index (κ3) is 4.13. The Hall–Kier alpha value is -1.75. The maximum absolute atomic E-state index is 10.9. The molecule has 2 N–H and O–H groups in total. The number of rotatable bonds is 6. The molecule has 0 aromatic heterocycles. The molecule has 0 aliphatic rings. The number of carboxylic acids is 2. The van der Waals surface area contributed by atoms with Crippen LogP contribution in [0, 0.1) is 12.8 Å². The molecule has 1 atom stereocenters. The summed E-state index contributed by atoms with van der Waals surface area (Å²) in [5.74, 6) is -2.65. The minimum Gasteiger partial charge on any atom is -0.481 e. The molecule has 1 aromatic rings. The fourth-order valence-corrected chi connectivity index (χ4v) is 1.93. The molecule has 0 amide bonds. The van der Waals surface area contributed by atoms with Gasteiger partial charge in [-0.25, -0.2) is 0 Å². The Bertz CT molecular complexity index is 490. The van der Waals surface area contributed by atoms with Crippen LogP contribution in [0.15, 0.2) is 18.2 Å². The first-order valence-electron chi connectivity index (χ1n) is 5.77. The lowest BCUT2D eigenvalue weighted by atomic mass is 10.1. The molecule has 104 valence electrons. The van der Waals surface area contributed by atoms with E-state index in [1.165, 1.54) is 11.8 Å². The molecule has 1 unspecified atom stereocenters. The molecule has 0 fully saturated rings. The second kappa shape index (κ2) is 6.43. The summed E-state index contributed by atoms with van der Waals surface area (Å²) < 4.78 is 0. The number of halogens is 1. The van der Waals surface area contributed by atoms with E-state index in [4.69, 9.17) is 21.8 Å². The highest BCUT2D eigenvalue weighted by Gasteiger charge is 2.20. The van der Waals surface area contributed by atoms with Crippen molar-refractivity contribution in [3.05, 3.63) is 28.8 Å². The number of benzene rings is 1. The molecule has 0 saturated heterocycles. The minimum absolute atomic E-state index is 0.114. The van der Waals surface area contributed by atoms with Gasteiger partial charge in [0.1, 0.15) is 6.54 Å². The van der Waals surface area contributed by atoms with Crippen molar-refractivity contribution in [3.63, 3.8) is 0 Å². The molecule has 0 aliphatic carbocycles. The van der Waals surface area contributed by atoms with Crippen molar-refractivity contribution < 1.29 is 19.8 Å². The largest absolute Gasteiger partial charge is 0.481 e. The van der Waals surface area contributed by atoms with Gasteiger partial charge in [-0.3, -0.25) is 9.59 Å². The minimum atomic E-state index is -1.02. The second-order valence-electron chi connectivity index (χ2n) is 4.40. The number of anilines is 1. The standard InChI is InChI=1S/C13H16ClNO4/c1-8(13(18)19)6-15(7-12(16)17)11-5-3-4-10(14)9(11)2/h3-5,8H,6-7H2,1-2H3,(H,16,17)(H,18,19). The van der Waals surface area contributed by atoms with E-state index in [2.05, 4.69) is 0 Å². The summed E-state index contributed by atoms with van der Waals surface area (Å²) in [5, 5.41) is 18.4. The number of nitrogens with zero attached hydrogens (tertiary/aromatic N) is 1. The predicted molar refractivity (Wildman–Crippen MR) is 72.8 cm³/mol. The molecule has 0 saturated carbocycles. The molecule has 1 rings (SSSR count). The van der Waals surface area contributed by atoms with Crippen molar-refractivity contribution in [1.29, 1.82) is 0 Å². The van der Waals surface area contributed by atoms with E-state index in [1.807, 2.05) is 0 Å². The first-order chi connectivity index (χ1) is 8.82. The van der Waals surface area contributed by atoms with Gasteiger partial charge in [-0.1, -0.05) is 24.6 Å². The van der Waals surface area contributed by atoms with Gasteiger partial charge in [0.05, 0.1) is 5.92 Å². The summed E-state index contributed by atoms with van der Waals surface area (Å²) in [6, 6.07) is 5.16. The van der Waals surface area contributed by atoms with Crippen LogP contribution in [0.5, 0.6) is 0 Å². The Morgan fingerprint density at radius 1 is 1.37 bits per heavy atom. The summed E-state index contributed by atoms with van der Waals surface area (Å²) in [5.41, 5.74) is 1.38. The number of aliphatic carboxylic acids is 2. The summed E-state index contributed by atoms with van der Waals surface area (Å²) in [7, 11) is 0. The average molecular weight is 286 g/mol. The van der Waals surface area contributed by atoms with E-state index in [0.717, 1.165) is 5.56 Å². The Morgan fingerprint density at radius 3 is 2.53 bits per heavy atom. The van der Waals surface area contributed by atoms with Crippen LogP contribution in [-0.2, 0) is 9.59 Å². The molecule has 1 aromatic carbocycles. The smallest absolute Gasteiger partial charge is 0.323 e. The van der Waals surface area contributed by atoms with Crippen LogP contribution in [-0.4, -0.2) is 35.2 Å². The number of hydrogen-bond acceptors (Lipinski definition) is 3. The van der Waals surface area contributed by atoms with Gasteiger partial charge in [-0.05, 0) is 24.6 Å². The zero-order valence-electron chi connectivity index (χ0n) is 10.8. The lowest BCUT2D eigenvalue weighted by Gasteiger charge is -2.26. The van der Waals surface area contributed by atoms with E-state index in [9.17, 15) is 9.59 Å². The molecule has 0 aliphatic heterocycles. The van der Waals surface area contributed by atoms with E-state index < -0.39 is 17.9 Å². The summed E-state index contributed by atoms with van der Waals surface area (Å²) in [6.07, 6.45) is 0. The van der Waals surface area contributed by atoms with Crippen LogP contribution in [0.2, 0.25) is 5.02 Å². The van der Waals surface area contributed by atoms with Crippen LogP contribution in [0.4, 0.5) is 5.69 Å². The van der Waals surface area contributed by atoms with Crippen LogP contribution in [0.3, 0.4) is 0 Å². The van der Waals surface area contributed by atoms with Gasteiger partial charge in [0, 0.05) is 17.3 Å². The van der Waals surface area contributed by atoms with Gasteiger partial charge >= 0.3 is 11.9 Å². The lowest BCUT2D eigenvalue weighted by Crippen LogP contribution is -2.36. The second-order valence-corrected chi connectivity index (χ2v) is 4.80. The molecular weight excluding hydrogens is 270 g/mol. The highest BCUT2D eigenvalue weighted by Crippen LogP contribution is 2.27. The van der Waals surface area contributed by atoms with Crippen LogP contribution in [0.1, 0.15) is 12.5 Å². The monoisotopic (exact) mass is 285 g/mol. The van der Waals surface area contributed by atoms with Crippen LogP contribution < -0.4 is 4.90 Å². The third-order valence-corrected chi connectivity index (χ3v) is 3.23. The SMILES string of the molecule is Cc1c(Cl)cccc1N(CC(=O)O)CC(C)C(=O)O. The molecule has 19 heavy (non-hydrogen) atoms. The van der Waals surface area contributed by atoms with Gasteiger partial charge < -0.3 is 15.1 Å². The number of hydrogen-bond donors (Lipinski definition) is 2. The first kappa shape index (κ1) is 15.3. The van der Waals surface area contributed by atoms with Crippen molar-refractivity contribution in [2.45, 2.75) is 13.8 Å². The van der Waals surface area contributed by atoms with Crippen LogP contribution in [0.25, 0.3) is 0 Å². The Morgan fingerprint density at radius 2 is 2.00 bits per heavy atom. The van der Waals surface area contributed by atoms with Crippen molar-refractivity contribution in [2.75, 3.05) is 18.0 Å². The van der Waals surface area contributed by atoms with Gasteiger partial charge in [0.15, 0.2) is 0 Å². The molecule has 0 bridgehead atoms. The molecule has 6 heteroatoms. The number of carbonyl (C=O) groups is 2. The number of carboxylic acid groups (broad SMARTS) is 2. The van der Waals surface area contributed by atoms with Gasteiger partial charge in [-0.15, -0.1) is 0 Å². The predicted octanol–water partition coefficient (Wildman–Crippen LogP) is 2.26. The summed E-state index contributed by atoms with van der Waals surface area (Å²) in [6.45, 7) is 3.16. The first-order valence-corrected chi connectivity index (χ1v) is 6.15. The summed E-state index contributed by atoms with van der Waals surface area (Å²) in [4.78, 5) is 23.3. The van der Waals surface area contributed by atoms with Crippen molar-refractivity contribution in [1.82, 2.24) is 0 Å². The Labute approximate surface area is 116 Å². The van der Waals surface area contributed by atoms with Gasteiger partial charge in [-0.2, -0.15) is 0 Å². The van der Waals surface area contributed by atoms with E-state index in [-0.39, 0.29) is 13.1 Å². The Balaban J connectivity index is 3.05. The highest BCUT2D eigenvalue weighted by atomic mass is 35.5. The molecule has 0 spiro atoms. The summed E-state index contributed by atoms with van der Waals surface area (Å²) >= 11 is 6.00. The zero-order valence-corrected chi connectivity index (χ0v) is 11.5. The molecular formula is C13H16ClNO4. The average Bonchev–Trinajstić information content (AvgIpc) is 2.31. The third-order valence-electron chi connectivity index (χ3n) is 2.82. The molecule has 0 radical (unpaired) electrons. The maximum atomic E-state index is 10.9. The van der Waals surface area contributed by atoms with Crippen molar-refractivity contribution in [2.24, 2.45) is 5.92 Å².